The molecule has 0 fully saturated rings. The van der Waals surface area contributed by atoms with Crippen LogP contribution in [0.1, 0.15) is 97.8 Å². The molecule has 0 saturated carbocycles. The Morgan fingerprint density at radius 1 is 0.341 bits per heavy atom. The molecule has 15 heteroatoms. The first-order valence-corrected chi connectivity index (χ1v) is 32.5. The number of benzene rings is 4. The van der Waals surface area contributed by atoms with Crippen LogP contribution in [0.5, 0.6) is 23.0 Å². The third kappa shape index (κ3) is 23.6. The highest BCUT2D eigenvalue weighted by Crippen LogP contribution is 2.42. The number of thiophene rings is 4. The summed E-state index contributed by atoms with van der Waals surface area (Å²) in [4.78, 5) is 43.5. The molecule has 4 aromatic carbocycles. The number of aromatic hydroxyl groups is 2. The van der Waals surface area contributed by atoms with Gasteiger partial charge in [0.15, 0.2) is 0 Å². The second-order valence-electron chi connectivity index (χ2n) is 20.2. The molecular weight excluding hydrogens is 1160 g/mol. The lowest BCUT2D eigenvalue weighted by Gasteiger charge is -2.07. The van der Waals surface area contributed by atoms with Crippen LogP contribution >= 0.6 is 56.9 Å². The Hall–Kier alpha value is -7.20. The number of ether oxygens (including phenoxy) is 5. The van der Waals surface area contributed by atoms with Crippen LogP contribution in [0, 0.1) is 0 Å². The summed E-state index contributed by atoms with van der Waals surface area (Å²) in [6.07, 6.45) is 11.8. The molecule has 0 atom stereocenters. The average molecular weight is 1240 g/mol. The van der Waals surface area contributed by atoms with E-state index in [1.54, 1.807) is 90.4 Å². The van der Waals surface area contributed by atoms with Gasteiger partial charge < -0.3 is 33.9 Å². The van der Waals surface area contributed by atoms with Crippen molar-refractivity contribution < 1.29 is 48.3 Å². The number of rotatable bonds is 31. The summed E-state index contributed by atoms with van der Waals surface area (Å²) in [5.41, 5.74) is 5.92. The molecule has 448 valence electrons. The molecule has 2 N–H and O–H groups in total. The lowest BCUT2D eigenvalue weighted by atomic mass is 10.2. The minimum Gasteiger partial charge on any atom is -0.508 e. The van der Waals surface area contributed by atoms with Gasteiger partial charge in [0.2, 0.25) is 0 Å². The molecule has 0 aliphatic heterocycles. The highest BCUT2D eigenvalue weighted by Gasteiger charge is 2.13. The van der Waals surface area contributed by atoms with Crippen molar-refractivity contribution in [3.8, 4) is 84.3 Å². The van der Waals surface area contributed by atoms with Gasteiger partial charge >= 0.3 is 17.9 Å². The smallest absolute Gasteiger partial charge is 0.333 e. The maximum absolute atomic E-state index is 11.4. The van der Waals surface area contributed by atoms with Gasteiger partial charge in [-0.05, 0) is 253 Å². The maximum atomic E-state index is 11.4. The molecule has 8 aromatic rings. The minimum atomic E-state index is -0.316. The van der Waals surface area contributed by atoms with E-state index in [0.29, 0.717) is 55.6 Å². The van der Waals surface area contributed by atoms with Gasteiger partial charge in [0.05, 0.1) is 33.0 Å². The number of hydrogen-bond acceptors (Lipinski definition) is 14. The minimum absolute atomic E-state index is 0.285. The van der Waals surface area contributed by atoms with Crippen molar-refractivity contribution in [2.24, 2.45) is 0 Å². The van der Waals surface area contributed by atoms with E-state index in [4.69, 9.17) is 35.3 Å². The first kappa shape index (κ1) is 66.9. The Balaban J connectivity index is 0.000000256. The first-order chi connectivity index (χ1) is 41.2. The number of carbonyl (C=O) groups is 3. The van der Waals surface area contributed by atoms with Crippen LogP contribution in [0.15, 0.2) is 182 Å². The summed E-state index contributed by atoms with van der Waals surface area (Å²) in [6, 6.07) is 48.5. The highest BCUT2D eigenvalue weighted by molar-refractivity contribution is 7.25. The molecule has 0 radical (unpaired) electrons. The first-order valence-electron chi connectivity index (χ1n) is 28.7. The molecule has 4 aromatic heterocycles. The van der Waals surface area contributed by atoms with Gasteiger partial charge in [-0.3, -0.25) is 0 Å². The number of halogens is 1. The van der Waals surface area contributed by atoms with Gasteiger partial charge in [-0.1, -0.05) is 32.6 Å². The second kappa shape index (κ2) is 36.6. The van der Waals surface area contributed by atoms with Gasteiger partial charge in [-0.15, -0.1) is 56.9 Å². The molecule has 4 heterocycles. The van der Waals surface area contributed by atoms with E-state index in [1.807, 2.05) is 48.5 Å². The van der Waals surface area contributed by atoms with E-state index < -0.39 is 0 Å². The van der Waals surface area contributed by atoms with E-state index in [1.165, 1.54) is 50.1 Å². The summed E-state index contributed by atoms with van der Waals surface area (Å²) in [5, 5.41) is 18.8. The zero-order valence-electron chi connectivity index (χ0n) is 48.9. The van der Waals surface area contributed by atoms with Gasteiger partial charge in [0.25, 0.3) is 0 Å². The van der Waals surface area contributed by atoms with E-state index in [9.17, 15) is 24.6 Å². The third-order valence-electron chi connectivity index (χ3n) is 12.9. The zero-order valence-corrected chi connectivity index (χ0v) is 52.9. The van der Waals surface area contributed by atoms with Crippen molar-refractivity contribution in [1.82, 2.24) is 0 Å². The monoisotopic (exact) mass is 1240 g/mol. The van der Waals surface area contributed by atoms with Crippen molar-refractivity contribution in [2.45, 2.75) is 97.8 Å². The number of phenols is 2. The van der Waals surface area contributed by atoms with Crippen molar-refractivity contribution >= 4 is 74.9 Å². The average Bonchev–Trinajstić information content (AvgIpc) is 3.31. The number of unbranched alkanes of at least 4 members (excludes halogenated alkanes) is 9. The predicted octanol–water partition coefficient (Wildman–Crippen LogP) is 20.1. The molecule has 0 aliphatic rings. The zero-order chi connectivity index (χ0) is 60.8. The van der Waals surface area contributed by atoms with Crippen molar-refractivity contribution in [3.05, 3.63) is 182 Å². The van der Waals surface area contributed by atoms with Crippen LogP contribution < -0.4 is 9.47 Å². The van der Waals surface area contributed by atoms with Crippen LogP contribution in [0.25, 0.3) is 61.3 Å². The molecule has 8 rings (SSSR count). The highest BCUT2D eigenvalue weighted by atomic mass is 35.5. The largest absolute Gasteiger partial charge is 0.508 e. The van der Waals surface area contributed by atoms with E-state index in [0.717, 1.165) is 99.7 Å². The van der Waals surface area contributed by atoms with Gasteiger partial charge in [-0.25, -0.2) is 14.4 Å². The fourth-order valence-corrected chi connectivity index (χ4v) is 12.5. The Morgan fingerprint density at radius 2 is 0.576 bits per heavy atom. The van der Waals surface area contributed by atoms with Crippen LogP contribution in [0.4, 0.5) is 0 Å². The maximum Gasteiger partial charge on any atom is 0.333 e. The molecule has 85 heavy (non-hydrogen) atoms. The Kier molecular flexibility index (Phi) is 28.8. The normalized spacial score (nSPS) is 10.6. The molecule has 10 nitrogen and oxygen atoms in total. The molecule has 0 bridgehead atoms. The second-order valence-corrected chi connectivity index (χ2v) is 24.9. The molecular formula is C70H77ClO10S4. The summed E-state index contributed by atoms with van der Waals surface area (Å²) >= 11 is 12.6. The number of hydrogen-bond donors (Lipinski definition) is 2. The van der Waals surface area contributed by atoms with Crippen molar-refractivity contribution in [1.29, 1.82) is 0 Å². The van der Waals surface area contributed by atoms with Crippen LogP contribution in [0.3, 0.4) is 0 Å². The number of carbonyl (C=O) groups excluding carboxylic acids is 3. The van der Waals surface area contributed by atoms with Gasteiger partial charge in [0, 0.05) is 61.6 Å². The Labute approximate surface area is 522 Å². The fraction of sp³-hybridized carbons (Fsp3) is 0.300. The molecule has 0 amide bonds. The van der Waals surface area contributed by atoms with Crippen LogP contribution in [-0.4, -0.2) is 67.0 Å². The summed E-state index contributed by atoms with van der Waals surface area (Å²) < 4.78 is 27.0. The quantitative estimate of drug-likeness (QED) is 0.0142. The Morgan fingerprint density at radius 3 is 0.835 bits per heavy atom. The van der Waals surface area contributed by atoms with Crippen molar-refractivity contribution in [2.75, 3.05) is 38.9 Å². The number of alkyl halides is 1. The lowest BCUT2D eigenvalue weighted by Crippen LogP contribution is -2.06. The third-order valence-corrected chi connectivity index (χ3v) is 18.1. The van der Waals surface area contributed by atoms with Crippen LogP contribution in [-0.2, 0) is 28.6 Å². The van der Waals surface area contributed by atoms with Gasteiger partial charge in [0.1, 0.15) is 23.0 Å². The fourth-order valence-electron chi connectivity index (χ4n) is 8.09. The number of esters is 3. The lowest BCUT2D eigenvalue weighted by molar-refractivity contribution is -0.139. The standard InChI is InChI=1S/C40H46O6S2.C20H14O2S2.C10H17ClO2/c1-29(2)39(41)45-27-11-7-5-9-25-43-33-17-13-31(14-18-33)35-21-23-37(47-35)38-24-22-36(48-38)32-15-19-34(20-16-32)44-26-10-6-8-12-28-46-40(42)30(3)4;21-15-5-1-13(2-6-15)17-9-11-19(23-17)20-12-10-18(24-20)14-3-7-16(22)8-4-14;1-9(2)10(12)13-8-6-4-3-5-7-11/h13-24H,1,3,5-12,25-28H2,2,4H3;1-12,21-22H;1,3-8H2,2H3. The van der Waals surface area contributed by atoms with Gasteiger partial charge in [-0.2, -0.15) is 0 Å². The van der Waals surface area contributed by atoms with Crippen molar-refractivity contribution in [3.63, 3.8) is 0 Å². The predicted molar refractivity (Wildman–Crippen MR) is 355 cm³/mol. The van der Waals surface area contributed by atoms with E-state index >= 15 is 0 Å². The topological polar surface area (TPSA) is 138 Å². The van der Waals surface area contributed by atoms with E-state index in [-0.39, 0.29) is 29.4 Å². The summed E-state index contributed by atoms with van der Waals surface area (Å²) in [6.45, 7) is 18.4. The SMILES string of the molecule is C=C(C)C(=O)OCCCCCCCl.C=C(C)C(=O)OCCCCCCOc1ccc(-c2ccc(-c3ccc(-c4ccc(OCCCCCCOC(=O)C(=C)C)cc4)s3)s2)cc1.Oc1ccc(-c2ccc(-c3ccc(-c4ccc(O)cc4)s3)s2)cc1. The van der Waals surface area contributed by atoms with Crippen LogP contribution in [0.2, 0.25) is 0 Å². The molecule has 0 spiro atoms. The molecule has 0 aliphatic carbocycles. The molecule has 0 unspecified atom stereocenters. The summed E-state index contributed by atoms with van der Waals surface area (Å²) in [7, 11) is 0. The van der Waals surface area contributed by atoms with E-state index in [2.05, 4.69) is 92.5 Å². The molecule has 0 saturated heterocycles. The summed E-state index contributed by atoms with van der Waals surface area (Å²) in [5.74, 6) is 2.11. The number of phenolic OH excluding ortho intramolecular Hbond substituents is 2. The Bertz CT molecular complexity index is 3130.